The predicted octanol–water partition coefficient (Wildman–Crippen LogP) is 1.88. The lowest BCUT2D eigenvalue weighted by Crippen LogP contribution is -2.37. The fourth-order valence-electron chi connectivity index (χ4n) is 2.75. The van der Waals surface area contributed by atoms with Gasteiger partial charge in [-0.05, 0) is 38.1 Å². The molecule has 4 heteroatoms. The highest BCUT2D eigenvalue weighted by molar-refractivity contribution is 5.76. The Hall–Kier alpha value is -0.610. The molecule has 0 saturated carbocycles. The molecule has 0 aromatic carbocycles. The van der Waals surface area contributed by atoms with Gasteiger partial charge in [-0.25, -0.2) is 0 Å². The maximum atomic E-state index is 12.3. The quantitative estimate of drug-likeness (QED) is 0.732. The minimum atomic E-state index is 0.255. The van der Waals surface area contributed by atoms with Crippen LogP contribution in [0.25, 0.3) is 0 Å². The summed E-state index contributed by atoms with van der Waals surface area (Å²) in [6, 6.07) is 0. The van der Waals surface area contributed by atoms with Crippen LogP contribution in [0, 0.1) is 17.8 Å². The third-order valence-electron chi connectivity index (χ3n) is 3.84. The van der Waals surface area contributed by atoms with Crippen molar-refractivity contribution in [3.05, 3.63) is 0 Å². The van der Waals surface area contributed by atoms with Gasteiger partial charge < -0.3 is 15.4 Å². The third-order valence-corrected chi connectivity index (χ3v) is 3.84. The van der Waals surface area contributed by atoms with Crippen molar-refractivity contribution in [2.24, 2.45) is 23.5 Å². The summed E-state index contributed by atoms with van der Waals surface area (Å²) in [7, 11) is 0. The fraction of sp³-hybridized carbons (Fsp3) is 0.933. The zero-order chi connectivity index (χ0) is 14.3. The molecule has 1 rings (SSSR count). The molecule has 2 atom stereocenters. The Balaban J connectivity index is 2.42. The second-order valence-electron chi connectivity index (χ2n) is 6.10. The second kappa shape index (κ2) is 8.54. The molecule has 0 aromatic heterocycles. The largest absolute Gasteiger partial charge is 0.381 e. The van der Waals surface area contributed by atoms with Crippen molar-refractivity contribution in [1.82, 2.24) is 4.90 Å². The number of rotatable bonds is 8. The van der Waals surface area contributed by atoms with Crippen molar-refractivity contribution >= 4 is 5.91 Å². The van der Waals surface area contributed by atoms with E-state index in [1.807, 2.05) is 11.8 Å². The Bertz CT molecular complexity index is 263. The van der Waals surface area contributed by atoms with Crippen molar-refractivity contribution in [3.63, 3.8) is 0 Å². The smallest absolute Gasteiger partial charge is 0.222 e. The molecular weight excluding hydrogens is 240 g/mol. The maximum Gasteiger partial charge on any atom is 0.222 e. The molecule has 19 heavy (non-hydrogen) atoms. The van der Waals surface area contributed by atoms with E-state index < -0.39 is 0 Å². The van der Waals surface area contributed by atoms with Crippen molar-refractivity contribution in [3.8, 4) is 0 Å². The van der Waals surface area contributed by atoms with E-state index in [9.17, 15) is 4.79 Å². The third kappa shape index (κ3) is 5.91. The molecule has 0 spiro atoms. The highest BCUT2D eigenvalue weighted by atomic mass is 16.5. The van der Waals surface area contributed by atoms with Gasteiger partial charge in [-0.1, -0.05) is 13.8 Å². The monoisotopic (exact) mass is 270 g/mol. The van der Waals surface area contributed by atoms with Gasteiger partial charge in [-0.2, -0.15) is 0 Å². The highest BCUT2D eigenvalue weighted by Crippen LogP contribution is 2.18. The second-order valence-corrected chi connectivity index (χ2v) is 6.10. The summed E-state index contributed by atoms with van der Waals surface area (Å²) in [6.07, 6.45) is 2.71. The van der Waals surface area contributed by atoms with Gasteiger partial charge in [0.15, 0.2) is 0 Å². The van der Waals surface area contributed by atoms with Gasteiger partial charge in [-0.15, -0.1) is 0 Å². The van der Waals surface area contributed by atoms with E-state index in [1.54, 1.807) is 0 Å². The first kappa shape index (κ1) is 16.4. The Morgan fingerprint density at radius 3 is 2.68 bits per heavy atom. The molecule has 1 saturated heterocycles. The average molecular weight is 270 g/mol. The van der Waals surface area contributed by atoms with E-state index >= 15 is 0 Å². The number of hydrogen-bond acceptors (Lipinski definition) is 3. The van der Waals surface area contributed by atoms with E-state index in [0.717, 1.165) is 39.1 Å². The van der Waals surface area contributed by atoms with Crippen LogP contribution in [0.15, 0.2) is 0 Å². The lowest BCUT2D eigenvalue weighted by Gasteiger charge is -2.26. The van der Waals surface area contributed by atoms with Crippen molar-refractivity contribution < 1.29 is 9.53 Å². The lowest BCUT2D eigenvalue weighted by molar-refractivity contribution is -0.132. The van der Waals surface area contributed by atoms with Crippen molar-refractivity contribution in [2.45, 2.75) is 40.0 Å². The number of hydrogen-bond donors (Lipinski definition) is 1. The molecule has 1 unspecified atom stereocenters. The van der Waals surface area contributed by atoms with Gasteiger partial charge in [0.2, 0.25) is 5.91 Å². The van der Waals surface area contributed by atoms with Gasteiger partial charge in [0.05, 0.1) is 6.61 Å². The van der Waals surface area contributed by atoms with Crippen molar-refractivity contribution in [1.29, 1.82) is 0 Å². The minimum Gasteiger partial charge on any atom is -0.381 e. The van der Waals surface area contributed by atoms with Crippen LogP contribution in [0.5, 0.6) is 0 Å². The maximum absolute atomic E-state index is 12.3. The molecule has 1 aliphatic rings. The van der Waals surface area contributed by atoms with Crippen LogP contribution in [0.1, 0.15) is 40.0 Å². The van der Waals surface area contributed by atoms with Crippen LogP contribution in [-0.4, -0.2) is 43.7 Å². The lowest BCUT2D eigenvalue weighted by atomic mass is 9.93. The molecule has 2 N–H and O–H groups in total. The van der Waals surface area contributed by atoms with E-state index in [1.165, 1.54) is 0 Å². The summed E-state index contributed by atoms with van der Waals surface area (Å²) in [5.74, 6) is 1.69. The molecule has 0 aromatic rings. The molecule has 0 radical (unpaired) electrons. The standard InChI is InChI=1S/C15H30N2O2/c1-4-17(10-13-5-6-19-11-13)15(18)8-14(9-16)7-12(2)3/h12-14H,4-11,16H2,1-3H3/t13?,14-/m0/s1. The van der Waals surface area contributed by atoms with Crippen LogP contribution >= 0.6 is 0 Å². The zero-order valence-electron chi connectivity index (χ0n) is 12.7. The van der Waals surface area contributed by atoms with Crippen LogP contribution in [-0.2, 0) is 9.53 Å². The average Bonchev–Trinajstić information content (AvgIpc) is 2.87. The number of ether oxygens (including phenoxy) is 1. The molecule has 1 aliphatic heterocycles. The van der Waals surface area contributed by atoms with Crippen molar-refractivity contribution in [2.75, 3.05) is 32.8 Å². The Morgan fingerprint density at radius 2 is 2.21 bits per heavy atom. The summed E-state index contributed by atoms with van der Waals surface area (Å²) < 4.78 is 5.38. The van der Waals surface area contributed by atoms with E-state index in [0.29, 0.717) is 30.7 Å². The normalized spacial score (nSPS) is 20.8. The molecule has 1 heterocycles. The summed E-state index contributed by atoms with van der Waals surface area (Å²) >= 11 is 0. The van der Waals surface area contributed by atoms with Crippen LogP contribution in [0.4, 0.5) is 0 Å². The summed E-state index contributed by atoms with van der Waals surface area (Å²) in [5, 5.41) is 0. The SMILES string of the molecule is CCN(CC1CCOC1)C(=O)C[C@@H](CN)CC(C)C. The number of carbonyl (C=O) groups excluding carboxylic acids is 1. The molecule has 112 valence electrons. The molecule has 0 aliphatic carbocycles. The molecular formula is C15H30N2O2. The zero-order valence-corrected chi connectivity index (χ0v) is 12.7. The van der Waals surface area contributed by atoms with Crippen LogP contribution < -0.4 is 5.73 Å². The fourth-order valence-corrected chi connectivity index (χ4v) is 2.75. The highest BCUT2D eigenvalue weighted by Gasteiger charge is 2.23. The Labute approximate surface area is 117 Å². The minimum absolute atomic E-state index is 0.255. The number of carbonyl (C=O) groups is 1. The summed E-state index contributed by atoms with van der Waals surface area (Å²) in [4.78, 5) is 14.3. The first-order valence-electron chi connectivity index (χ1n) is 7.62. The molecule has 4 nitrogen and oxygen atoms in total. The first-order chi connectivity index (χ1) is 9.06. The van der Waals surface area contributed by atoms with Gasteiger partial charge in [-0.3, -0.25) is 4.79 Å². The number of amides is 1. The van der Waals surface area contributed by atoms with Gasteiger partial charge in [0, 0.05) is 32.0 Å². The summed E-state index contributed by atoms with van der Waals surface area (Å²) in [5.41, 5.74) is 5.78. The van der Waals surface area contributed by atoms with Gasteiger partial charge in [0.1, 0.15) is 0 Å². The van der Waals surface area contributed by atoms with Crippen LogP contribution in [0.3, 0.4) is 0 Å². The Kier molecular flexibility index (Phi) is 7.39. The first-order valence-corrected chi connectivity index (χ1v) is 7.62. The van der Waals surface area contributed by atoms with Gasteiger partial charge in [0.25, 0.3) is 0 Å². The van der Waals surface area contributed by atoms with E-state index in [-0.39, 0.29) is 5.91 Å². The Morgan fingerprint density at radius 1 is 1.47 bits per heavy atom. The predicted molar refractivity (Wildman–Crippen MR) is 77.8 cm³/mol. The topological polar surface area (TPSA) is 55.6 Å². The number of nitrogens with two attached hydrogens (primary N) is 1. The summed E-state index contributed by atoms with van der Waals surface area (Å²) in [6.45, 7) is 10.3. The molecule has 1 amide bonds. The van der Waals surface area contributed by atoms with E-state index in [2.05, 4.69) is 13.8 Å². The molecule has 1 fully saturated rings. The van der Waals surface area contributed by atoms with E-state index in [4.69, 9.17) is 10.5 Å². The van der Waals surface area contributed by atoms with Crippen LogP contribution in [0.2, 0.25) is 0 Å². The number of nitrogens with zero attached hydrogens (tertiary/aromatic N) is 1. The molecule has 0 bridgehead atoms. The van der Waals surface area contributed by atoms with Gasteiger partial charge >= 0.3 is 0 Å².